The lowest BCUT2D eigenvalue weighted by Crippen LogP contribution is -2.50. The van der Waals surface area contributed by atoms with Gasteiger partial charge in [0.2, 0.25) is 0 Å². The van der Waals surface area contributed by atoms with E-state index < -0.39 is 22.2 Å². The minimum absolute atomic E-state index is 0.270. The van der Waals surface area contributed by atoms with Crippen molar-refractivity contribution in [3.8, 4) is 0 Å². The summed E-state index contributed by atoms with van der Waals surface area (Å²) in [5.41, 5.74) is 1.65. The molecule has 0 spiro atoms. The number of nitrogens with zero attached hydrogens (tertiary/aromatic N) is 1. The maximum absolute atomic E-state index is 12.5. The highest BCUT2D eigenvalue weighted by Crippen LogP contribution is 2.15. The molecule has 0 heterocycles. The largest absolute Gasteiger partial charge is 0.481 e. The molecule has 1 atom stereocenters. The summed E-state index contributed by atoms with van der Waals surface area (Å²) in [6.07, 6.45) is 9.56. The Balaban J connectivity index is 2.53. The number of anilines is 1. The number of hydrogen-bond acceptors (Lipinski definition) is 3. The van der Waals surface area contributed by atoms with Crippen molar-refractivity contribution in [1.29, 1.82) is 0 Å². The summed E-state index contributed by atoms with van der Waals surface area (Å²) in [6, 6.07) is 6.69. The topological polar surface area (TPSA) is 95.5 Å². The standard InChI is InChI=1S/C22H39N3O4S/c1-5-6-7-8-9-10-11-12-19-13-15-20(16-14-19)23-30(28,29)24-21(17-22(26)27)18-25(2,3)4/h13-16,21,23-24H,5-12,17-18H2,1-4H3/p+1/t21-/m1/s1. The maximum atomic E-state index is 12.5. The number of unbranched alkanes of at least 4 members (excludes halogenated alkanes) is 6. The number of rotatable bonds is 16. The van der Waals surface area contributed by atoms with Gasteiger partial charge in [-0.2, -0.15) is 13.1 Å². The summed E-state index contributed by atoms with van der Waals surface area (Å²) in [5.74, 6) is -1.04. The first-order chi connectivity index (χ1) is 14.0. The Morgan fingerprint density at radius 3 is 2.10 bits per heavy atom. The molecule has 0 radical (unpaired) electrons. The summed E-state index contributed by atoms with van der Waals surface area (Å²) in [7, 11) is 1.80. The van der Waals surface area contributed by atoms with Gasteiger partial charge in [0.1, 0.15) is 0 Å². The van der Waals surface area contributed by atoms with E-state index in [0.29, 0.717) is 16.7 Å². The third-order valence-corrected chi connectivity index (χ3v) is 5.93. The first-order valence-corrected chi connectivity index (χ1v) is 12.4. The number of aliphatic carboxylic acids is 1. The van der Waals surface area contributed by atoms with Crippen LogP contribution in [0, 0.1) is 0 Å². The van der Waals surface area contributed by atoms with Crippen molar-refractivity contribution in [3.05, 3.63) is 29.8 Å². The number of carboxylic acid groups (broad SMARTS) is 1. The molecule has 0 saturated heterocycles. The van der Waals surface area contributed by atoms with Crippen molar-refractivity contribution < 1.29 is 22.8 Å². The predicted octanol–water partition coefficient (Wildman–Crippen LogP) is 3.78. The van der Waals surface area contributed by atoms with Crippen molar-refractivity contribution in [2.75, 3.05) is 32.4 Å². The molecule has 0 aliphatic rings. The average molecular weight is 443 g/mol. The highest BCUT2D eigenvalue weighted by atomic mass is 32.2. The monoisotopic (exact) mass is 442 g/mol. The van der Waals surface area contributed by atoms with E-state index in [0.717, 1.165) is 12.8 Å². The minimum Gasteiger partial charge on any atom is -0.481 e. The van der Waals surface area contributed by atoms with Gasteiger partial charge in [0.25, 0.3) is 10.2 Å². The Bertz CT molecular complexity index is 728. The lowest BCUT2D eigenvalue weighted by atomic mass is 10.0. The Morgan fingerprint density at radius 1 is 1.00 bits per heavy atom. The Kier molecular flexibility index (Phi) is 11.4. The summed E-state index contributed by atoms with van der Waals surface area (Å²) >= 11 is 0. The molecule has 0 amide bonds. The van der Waals surface area contributed by atoms with Gasteiger partial charge in [-0.1, -0.05) is 57.6 Å². The van der Waals surface area contributed by atoms with Gasteiger partial charge in [-0.3, -0.25) is 9.52 Å². The number of quaternary nitrogens is 1. The van der Waals surface area contributed by atoms with E-state index in [1.807, 2.05) is 33.3 Å². The van der Waals surface area contributed by atoms with Gasteiger partial charge in [-0.15, -0.1) is 0 Å². The van der Waals surface area contributed by atoms with Crippen molar-refractivity contribution in [3.63, 3.8) is 0 Å². The molecule has 0 bridgehead atoms. The van der Waals surface area contributed by atoms with Crippen LogP contribution in [-0.4, -0.2) is 57.7 Å². The van der Waals surface area contributed by atoms with E-state index >= 15 is 0 Å². The van der Waals surface area contributed by atoms with Crippen LogP contribution in [0.2, 0.25) is 0 Å². The second-order valence-electron chi connectivity index (χ2n) is 9.06. The zero-order valence-corrected chi connectivity index (χ0v) is 19.8. The molecule has 1 rings (SSSR count). The molecule has 172 valence electrons. The summed E-state index contributed by atoms with van der Waals surface area (Å²) in [5, 5.41) is 9.08. The van der Waals surface area contributed by atoms with Gasteiger partial charge in [-0.05, 0) is 30.5 Å². The molecule has 0 unspecified atom stereocenters. The zero-order chi connectivity index (χ0) is 22.6. The SMILES string of the molecule is CCCCCCCCCc1ccc(NS(=O)(=O)N[C@H](CC(=O)O)C[N+](C)(C)C)cc1. The zero-order valence-electron chi connectivity index (χ0n) is 19.0. The molecule has 1 aromatic carbocycles. The van der Waals surface area contributed by atoms with Crippen LogP contribution in [0.3, 0.4) is 0 Å². The van der Waals surface area contributed by atoms with Crippen LogP contribution in [-0.2, 0) is 21.4 Å². The molecule has 7 nitrogen and oxygen atoms in total. The van der Waals surface area contributed by atoms with E-state index in [1.165, 1.54) is 44.1 Å². The molecule has 0 aromatic heterocycles. The molecule has 3 N–H and O–H groups in total. The molecular formula is C22H40N3O4S+. The van der Waals surface area contributed by atoms with Crippen molar-refractivity contribution in [2.45, 2.75) is 70.8 Å². The van der Waals surface area contributed by atoms with Crippen LogP contribution >= 0.6 is 0 Å². The second-order valence-corrected chi connectivity index (χ2v) is 10.5. The highest BCUT2D eigenvalue weighted by molar-refractivity contribution is 7.90. The lowest BCUT2D eigenvalue weighted by molar-refractivity contribution is -0.871. The number of benzene rings is 1. The van der Waals surface area contributed by atoms with Gasteiger partial charge < -0.3 is 9.59 Å². The van der Waals surface area contributed by atoms with E-state index in [9.17, 15) is 13.2 Å². The van der Waals surface area contributed by atoms with Crippen LogP contribution < -0.4 is 9.44 Å². The number of hydrogen-bond donors (Lipinski definition) is 3. The van der Waals surface area contributed by atoms with E-state index in [-0.39, 0.29) is 6.42 Å². The molecule has 1 aromatic rings. The number of aryl methyl sites for hydroxylation is 1. The predicted molar refractivity (Wildman–Crippen MR) is 123 cm³/mol. The molecule has 0 aliphatic carbocycles. The molecule has 0 aliphatic heterocycles. The maximum Gasteiger partial charge on any atom is 0.305 e. The Hall–Kier alpha value is -1.64. The summed E-state index contributed by atoms with van der Waals surface area (Å²) < 4.78 is 30.3. The summed E-state index contributed by atoms with van der Waals surface area (Å²) in [4.78, 5) is 11.1. The Labute approximate surface area is 182 Å². The number of likely N-dealkylation sites (N-methyl/N-ethyl adjacent to an activating group) is 1. The number of carboxylic acids is 1. The van der Waals surface area contributed by atoms with E-state index in [4.69, 9.17) is 5.11 Å². The number of nitrogens with one attached hydrogen (secondary N) is 2. The van der Waals surface area contributed by atoms with Crippen LogP contribution in [0.1, 0.15) is 63.9 Å². The van der Waals surface area contributed by atoms with Crippen molar-refractivity contribution in [1.82, 2.24) is 4.72 Å². The second kappa shape index (κ2) is 12.9. The quantitative estimate of drug-likeness (QED) is 0.268. The first-order valence-electron chi connectivity index (χ1n) is 10.9. The molecule has 30 heavy (non-hydrogen) atoms. The number of carbonyl (C=O) groups is 1. The van der Waals surface area contributed by atoms with E-state index in [1.54, 1.807) is 12.1 Å². The smallest absolute Gasteiger partial charge is 0.305 e. The highest BCUT2D eigenvalue weighted by Gasteiger charge is 2.25. The molecule has 8 heteroatoms. The van der Waals surface area contributed by atoms with Gasteiger partial charge in [0, 0.05) is 5.69 Å². The normalized spacial score (nSPS) is 13.2. The molecular weight excluding hydrogens is 402 g/mol. The van der Waals surface area contributed by atoms with Gasteiger partial charge >= 0.3 is 5.97 Å². The Morgan fingerprint density at radius 2 is 1.57 bits per heavy atom. The van der Waals surface area contributed by atoms with Crippen LogP contribution in [0.4, 0.5) is 5.69 Å². The van der Waals surface area contributed by atoms with Crippen LogP contribution in [0.25, 0.3) is 0 Å². The van der Waals surface area contributed by atoms with Gasteiger partial charge in [0.15, 0.2) is 0 Å². The fourth-order valence-electron chi connectivity index (χ4n) is 3.45. The van der Waals surface area contributed by atoms with Gasteiger partial charge in [0.05, 0.1) is 40.2 Å². The van der Waals surface area contributed by atoms with Crippen LogP contribution in [0.15, 0.2) is 24.3 Å². The average Bonchev–Trinajstić information content (AvgIpc) is 2.59. The fraction of sp³-hybridized carbons (Fsp3) is 0.682. The van der Waals surface area contributed by atoms with Crippen LogP contribution in [0.5, 0.6) is 0 Å². The van der Waals surface area contributed by atoms with E-state index in [2.05, 4.69) is 16.4 Å². The molecule has 0 fully saturated rings. The minimum atomic E-state index is -3.87. The molecule has 0 saturated carbocycles. The third-order valence-electron chi connectivity index (χ3n) is 4.79. The fourth-order valence-corrected chi connectivity index (χ4v) is 4.55. The lowest BCUT2D eigenvalue weighted by Gasteiger charge is -2.29. The van der Waals surface area contributed by atoms with Crippen molar-refractivity contribution in [2.24, 2.45) is 0 Å². The summed E-state index contributed by atoms with van der Waals surface area (Å²) in [6.45, 7) is 2.59. The van der Waals surface area contributed by atoms with Gasteiger partial charge in [-0.25, -0.2) is 0 Å². The third kappa shape index (κ3) is 12.8. The van der Waals surface area contributed by atoms with Crippen molar-refractivity contribution >= 4 is 21.9 Å². The first kappa shape index (κ1) is 26.4.